The number of rotatable bonds is 4. The van der Waals surface area contributed by atoms with E-state index in [1.807, 2.05) is 11.4 Å². The number of halogens is 1. The van der Waals surface area contributed by atoms with Gasteiger partial charge in [-0.2, -0.15) is 0 Å². The first kappa shape index (κ1) is 15.4. The molecule has 0 atom stereocenters. The van der Waals surface area contributed by atoms with E-state index in [1.54, 1.807) is 19.9 Å². The van der Waals surface area contributed by atoms with E-state index in [-0.39, 0.29) is 29.4 Å². The third-order valence-electron chi connectivity index (χ3n) is 3.51. The molecule has 6 heteroatoms. The second-order valence-corrected chi connectivity index (χ2v) is 6.38. The highest BCUT2D eigenvalue weighted by Gasteiger charge is 2.40. The fraction of sp³-hybridized carbons (Fsp3) is 0.176. The van der Waals surface area contributed by atoms with Gasteiger partial charge in [0, 0.05) is 16.6 Å². The summed E-state index contributed by atoms with van der Waals surface area (Å²) in [5.74, 6) is -1.03. The summed E-state index contributed by atoms with van der Waals surface area (Å²) in [4.78, 5) is 27.3. The van der Waals surface area contributed by atoms with Crippen molar-refractivity contribution in [3.8, 4) is 0 Å². The Kier molecular flexibility index (Phi) is 4.00. The van der Waals surface area contributed by atoms with Crippen LogP contribution in [0.25, 0.3) is 5.57 Å². The highest BCUT2D eigenvalue weighted by molar-refractivity contribution is 7.11. The van der Waals surface area contributed by atoms with Crippen molar-refractivity contribution in [3.63, 3.8) is 0 Å². The van der Waals surface area contributed by atoms with Gasteiger partial charge in [-0.15, -0.1) is 11.3 Å². The quantitative estimate of drug-likeness (QED) is 0.873. The van der Waals surface area contributed by atoms with Crippen molar-refractivity contribution in [2.24, 2.45) is 0 Å². The van der Waals surface area contributed by atoms with Gasteiger partial charge in [-0.1, -0.05) is 6.07 Å². The molecule has 0 unspecified atom stereocenters. The molecule has 1 aliphatic rings. The van der Waals surface area contributed by atoms with E-state index in [9.17, 15) is 14.0 Å². The summed E-state index contributed by atoms with van der Waals surface area (Å²) in [6.45, 7) is 3.59. The van der Waals surface area contributed by atoms with Crippen LogP contribution in [-0.2, 0) is 9.59 Å². The fourth-order valence-corrected chi connectivity index (χ4v) is 3.23. The number of amides is 2. The van der Waals surface area contributed by atoms with Crippen LogP contribution in [0.4, 0.5) is 10.1 Å². The van der Waals surface area contributed by atoms with Gasteiger partial charge < -0.3 is 5.32 Å². The summed E-state index contributed by atoms with van der Waals surface area (Å²) in [5, 5.41) is 4.83. The van der Waals surface area contributed by atoms with E-state index in [2.05, 4.69) is 5.32 Å². The molecule has 118 valence electrons. The summed E-state index contributed by atoms with van der Waals surface area (Å²) >= 11 is 1.40. The van der Waals surface area contributed by atoms with Crippen LogP contribution in [0.3, 0.4) is 0 Å². The predicted octanol–water partition coefficient (Wildman–Crippen LogP) is 3.49. The Morgan fingerprint density at radius 1 is 1.09 bits per heavy atom. The molecule has 1 N–H and O–H groups in total. The van der Waals surface area contributed by atoms with Crippen LogP contribution in [-0.4, -0.2) is 22.8 Å². The van der Waals surface area contributed by atoms with Gasteiger partial charge in [-0.25, -0.2) is 4.39 Å². The van der Waals surface area contributed by atoms with E-state index in [1.165, 1.54) is 40.5 Å². The molecule has 1 aromatic heterocycles. The van der Waals surface area contributed by atoms with Crippen LogP contribution < -0.4 is 5.32 Å². The molecule has 2 heterocycles. The number of anilines is 1. The molecule has 0 radical (unpaired) electrons. The van der Waals surface area contributed by atoms with Gasteiger partial charge in [0.2, 0.25) is 0 Å². The molecular weight excluding hydrogens is 315 g/mol. The minimum Gasteiger partial charge on any atom is -0.350 e. The number of imide groups is 1. The number of nitrogens with one attached hydrogen (secondary N) is 1. The Labute approximate surface area is 137 Å². The molecule has 0 fully saturated rings. The lowest BCUT2D eigenvalue weighted by atomic mass is 10.2. The van der Waals surface area contributed by atoms with Crippen LogP contribution in [0, 0.1) is 5.82 Å². The molecule has 1 aliphatic heterocycles. The van der Waals surface area contributed by atoms with Gasteiger partial charge in [-0.05, 0) is 49.6 Å². The smallest absolute Gasteiger partial charge is 0.278 e. The number of thiophene rings is 1. The van der Waals surface area contributed by atoms with Crippen molar-refractivity contribution in [1.29, 1.82) is 0 Å². The first-order valence-electron chi connectivity index (χ1n) is 7.17. The number of benzene rings is 1. The molecule has 0 bridgehead atoms. The van der Waals surface area contributed by atoms with Gasteiger partial charge in [0.15, 0.2) is 0 Å². The Morgan fingerprint density at radius 3 is 2.35 bits per heavy atom. The van der Waals surface area contributed by atoms with E-state index < -0.39 is 0 Å². The summed E-state index contributed by atoms with van der Waals surface area (Å²) in [6.07, 6.45) is 0. The zero-order chi connectivity index (χ0) is 16.6. The largest absolute Gasteiger partial charge is 0.350 e. The van der Waals surface area contributed by atoms with Crippen LogP contribution in [0.1, 0.15) is 18.7 Å². The molecule has 0 spiro atoms. The third-order valence-corrected chi connectivity index (χ3v) is 4.40. The lowest BCUT2D eigenvalue weighted by molar-refractivity contribution is -0.138. The average Bonchev–Trinajstić information content (AvgIpc) is 3.09. The zero-order valence-electron chi connectivity index (χ0n) is 12.7. The number of carbonyl (C=O) groups excluding carboxylic acids is 2. The number of nitrogens with zero attached hydrogens (tertiary/aromatic N) is 1. The number of hydrogen-bond acceptors (Lipinski definition) is 4. The second kappa shape index (κ2) is 5.96. The van der Waals surface area contributed by atoms with Gasteiger partial charge in [0.05, 0.1) is 5.57 Å². The molecule has 3 rings (SSSR count). The summed E-state index contributed by atoms with van der Waals surface area (Å²) < 4.78 is 13.0. The minimum absolute atomic E-state index is 0.234. The fourth-order valence-electron chi connectivity index (χ4n) is 2.46. The maximum Gasteiger partial charge on any atom is 0.278 e. The molecule has 0 saturated heterocycles. The third kappa shape index (κ3) is 2.77. The first-order chi connectivity index (χ1) is 11.0. The van der Waals surface area contributed by atoms with Crippen molar-refractivity contribution in [2.45, 2.75) is 19.9 Å². The lowest BCUT2D eigenvalue weighted by Crippen LogP contribution is -2.38. The van der Waals surface area contributed by atoms with Crippen molar-refractivity contribution < 1.29 is 14.0 Å². The zero-order valence-corrected chi connectivity index (χ0v) is 13.5. The standard InChI is InChI=1S/C17H15FN2O2S/c1-10(2)20-16(21)14(13-4-3-9-23-13)15(17(20)22)19-12-7-5-11(18)6-8-12/h3-10,19H,1-2H3. The predicted molar refractivity (Wildman–Crippen MR) is 88.3 cm³/mol. The Morgan fingerprint density at radius 2 is 1.78 bits per heavy atom. The maximum atomic E-state index is 13.0. The molecule has 1 aromatic carbocycles. The Hall–Kier alpha value is -2.47. The van der Waals surface area contributed by atoms with Crippen LogP contribution in [0.2, 0.25) is 0 Å². The highest BCUT2D eigenvalue weighted by Crippen LogP contribution is 2.33. The number of carbonyl (C=O) groups is 2. The van der Waals surface area contributed by atoms with E-state index >= 15 is 0 Å². The SMILES string of the molecule is CC(C)N1C(=O)C(Nc2ccc(F)cc2)=C(c2cccs2)C1=O. The second-order valence-electron chi connectivity index (χ2n) is 5.43. The van der Waals surface area contributed by atoms with Gasteiger partial charge in [-0.3, -0.25) is 14.5 Å². The average molecular weight is 330 g/mol. The van der Waals surface area contributed by atoms with E-state index in [0.29, 0.717) is 11.3 Å². The maximum absolute atomic E-state index is 13.0. The molecule has 0 saturated carbocycles. The summed E-state index contributed by atoms with van der Waals surface area (Å²) in [5.41, 5.74) is 1.16. The Bertz CT molecular complexity index is 779. The van der Waals surface area contributed by atoms with Crippen molar-refractivity contribution in [2.75, 3.05) is 5.32 Å². The highest BCUT2D eigenvalue weighted by atomic mass is 32.1. The minimum atomic E-state index is -0.363. The first-order valence-corrected chi connectivity index (χ1v) is 8.05. The van der Waals surface area contributed by atoms with Crippen LogP contribution >= 0.6 is 11.3 Å². The van der Waals surface area contributed by atoms with Crippen LogP contribution in [0.5, 0.6) is 0 Å². The van der Waals surface area contributed by atoms with E-state index in [4.69, 9.17) is 0 Å². The van der Waals surface area contributed by atoms with Crippen molar-refractivity contribution in [3.05, 3.63) is 58.2 Å². The lowest BCUT2D eigenvalue weighted by Gasteiger charge is -2.19. The van der Waals surface area contributed by atoms with Crippen molar-refractivity contribution in [1.82, 2.24) is 4.90 Å². The Balaban J connectivity index is 2.05. The summed E-state index contributed by atoms with van der Waals surface area (Å²) in [6, 6.07) is 9.07. The molecule has 2 amide bonds. The molecule has 0 aliphatic carbocycles. The molecule has 4 nitrogen and oxygen atoms in total. The topological polar surface area (TPSA) is 49.4 Å². The van der Waals surface area contributed by atoms with Gasteiger partial charge in [0.1, 0.15) is 11.5 Å². The van der Waals surface area contributed by atoms with Crippen molar-refractivity contribution >= 4 is 34.4 Å². The van der Waals surface area contributed by atoms with Gasteiger partial charge in [0.25, 0.3) is 11.8 Å². The molecule has 2 aromatic rings. The normalized spacial score (nSPS) is 15.0. The molecular formula is C17H15FN2O2S. The van der Waals surface area contributed by atoms with Crippen LogP contribution in [0.15, 0.2) is 47.5 Å². The molecule has 23 heavy (non-hydrogen) atoms. The number of hydrogen-bond donors (Lipinski definition) is 1. The summed E-state index contributed by atoms with van der Waals surface area (Å²) in [7, 11) is 0. The van der Waals surface area contributed by atoms with Gasteiger partial charge >= 0.3 is 0 Å². The van der Waals surface area contributed by atoms with E-state index in [0.717, 1.165) is 4.88 Å². The monoisotopic (exact) mass is 330 g/mol.